The van der Waals surface area contributed by atoms with Crippen LogP contribution in [0.25, 0.3) is 0 Å². The molecule has 2 aromatic rings. The number of carbonyl (C=O) groups is 3. The van der Waals surface area contributed by atoms with Crippen molar-refractivity contribution < 1.29 is 14.4 Å². The zero-order valence-corrected chi connectivity index (χ0v) is 18.3. The monoisotopic (exact) mass is 427 g/mol. The quantitative estimate of drug-likeness (QED) is 0.611. The highest BCUT2D eigenvalue weighted by atomic mass is 32.2. The lowest BCUT2D eigenvalue weighted by Crippen LogP contribution is -2.52. The molecule has 160 valence electrons. The van der Waals surface area contributed by atoms with Gasteiger partial charge in [-0.15, -0.1) is 0 Å². The second kappa shape index (κ2) is 12.7. The number of likely N-dealkylation sites (N-methyl/N-ethyl adjacent to an activating group) is 1. The highest BCUT2D eigenvalue weighted by Gasteiger charge is 2.23. The molecule has 7 heteroatoms. The molecule has 0 saturated carbocycles. The molecule has 6 nitrogen and oxygen atoms in total. The minimum absolute atomic E-state index is 0.0192. The Morgan fingerprint density at radius 2 is 1.53 bits per heavy atom. The molecule has 0 spiro atoms. The van der Waals surface area contributed by atoms with Gasteiger partial charge in [0.25, 0.3) is 0 Å². The zero-order chi connectivity index (χ0) is 21.8. The van der Waals surface area contributed by atoms with Crippen LogP contribution in [0.15, 0.2) is 60.7 Å². The molecular weight excluding hydrogens is 398 g/mol. The summed E-state index contributed by atoms with van der Waals surface area (Å²) in [5.41, 5.74) is 2.09. The van der Waals surface area contributed by atoms with E-state index < -0.39 is 6.04 Å². The number of benzene rings is 2. The lowest BCUT2D eigenvalue weighted by atomic mass is 10.1. The Bertz CT molecular complexity index is 815. The van der Waals surface area contributed by atoms with E-state index in [9.17, 15) is 14.4 Å². The highest BCUT2D eigenvalue weighted by Crippen LogP contribution is 2.08. The van der Waals surface area contributed by atoms with Crippen molar-refractivity contribution in [2.45, 2.75) is 25.8 Å². The van der Waals surface area contributed by atoms with Crippen molar-refractivity contribution in [1.29, 1.82) is 0 Å². The molecule has 0 saturated heterocycles. The van der Waals surface area contributed by atoms with Gasteiger partial charge in [0, 0.05) is 39.2 Å². The van der Waals surface area contributed by atoms with Crippen molar-refractivity contribution in [1.82, 2.24) is 15.5 Å². The van der Waals surface area contributed by atoms with Crippen LogP contribution in [-0.4, -0.2) is 53.9 Å². The van der Waals surface area contributed by atoms with Gasteiger partial charge in [-0.05, 0) is 17.5 Å². The topological polar surface area (TPSA) is 78.5 Å². The summed E-state index contributed by atoms with van der Waals surface area (Å²) in [6.45, 7) is 2.44. The fraction of sp³-hybridized carbons (Fsp3) is 0.348. The largest absolute Gasteiger partial charge is 0.357 e. The molecule has 30 heavy (non-hydrogen) atoms. The summed E-state index contributed by atoms with van der Waals surface area (Å²) in [4.78, 5) is 38.3. The van der Waals surface area contributed by atoms with Crippen molar-refractivity contribution in [3.63, 3.8) is 0 Å². The first kappa shape index (κ1) is 23.5. The van der Waals surface area contributed by atoms with Gasteiger partial charge in [-0.25, -0.2) is 4.79 Å². The summed E-state index contributed by atoms with van der Waals surface area (Å²) in [5, 5.41) is 5.52. The molecule has 2 aromatic carbocycles. The van der Waals surface area contributed by atoms with E-state index in [1.165, 1.54) is 18.7 Å². The molecule has 0 bridgehead atoms. The van der Waals surface area contributed by atoms with Crippen molar-refractivity contribution in [3.05, 3.63) is 71.8 Å². The second-order valence-corrected chi connectivity index (χ2v) is 8.14. The van der Waals surface area contributed by atoms with E-state index >= 15 is 0 Å². The molecule has 0 aromatic heterocycles. The molecule has 0 radical (unpaired) electrons. The fourth-order valence-corrected chi connectivity index (χ4v) is 3.60. The third kappa shape index (κ3) is 8.29. The summed E-state index contributed by atoms with van der Waals surface area (Å²) < 4.78 is 0. The predicted octanol–water partition coefficient (Wildman–Crippen LogP) is 2.88. The Hall–Kier alpha value is -2.80. The van der Waals surface area contributed by atoms with Crippen LogP contribution < -0.4 is 10.6 Å². The summed E-state index contributed by atoms with van der Waals surface area (Å²) in [6, 6.07) is 18.5. The van der Waals surface area contributed by atoms with E-state index in [1.807, 2.05) is 60.7 Å². The minimum atomic E-state index is -0.676. The van der Waals surface area contributed by atoms with Crippen molar-refractivity contribution in [2.75, 3.05) is 25.9 Å². The van der Waals surface area contributed by atoms with Gasteiger partial charge in [-0.3, -0.25) is 9.59 Å². The first-order chi connectivity index (χ1) is 14.5. The summed E-state index contributed by atoms with van der Waals surface area (Å²) in [5.74, 6) is 0.272. The van der Waals surface area contributed by atoms with Gasteiger partial charge in [-0.2, -0.15) is 0 Å². The Kier molecular flexibility index (Phi) is 9.94. The number of rotatable bonds is 10. The van der Waals surface area contributed by atoms with E-state index in [0.717, 1.165) is 11.1 Å². The number of nitrogens with one attached hydrogen (secondary N) is 2. The van der Waals surface area contributed by atoms with E-state index in [2.05, 4.69) is 10.6 Å². The Balaban J connectivity index is 2.05. The van der Waals surface area contributed by atoms with Crippen LogP contribution >= 0.6 is 11.8 Å². The van der Waals surface area contributed by atoms with Crippen LogP contribution in [0, 0.1) is 0 Å². The number of hydrogen-bond donors (Lipinski definition) is 2. The average Bonchev–Trinajstić information content (AvgIpc) is 2.76. The molecule has 1 atom stereocenters. The van der Waals surface area contributed by atoms with E-state index in [-0.39, 0.29) is 17.1 Å². The third-order valence-electron chi connectivity index (χ3n) is 4.61. The molecular formula is C23H29N3O3S. The van der Waals surface area contributed by atoms with Crippen molar-refractivity contribution >= 4 is 28.8 Å². The fourth-order valence-electron chi connectivity index (χ4n) is 3.00. The maximum Gasteiger partial charge on any atom is 0.318 e. The van der Waals surface area contributed by atoms with Gasteiger partial charge >= 0.3 is 6.03 Å². The highest BCUT2D eigenvalue weighted by molar-refractivity contribution is 8.13. The lowest BCUT2D eigenvalue weighted by molar-refractivity contribution is -0.122. The van der Waals surface area contributed by atoms with Gasteiger partial charge in [0.05, 0.1) is 0 Å². The molecule has 0 aliphatic carbocycles. The number of hydrogen-bond acceptors (Lipinski definition) is 4. The molecule has 2 rings (SSSR count). The van der Waals surface area contributed by atoms with Gasteiger partial charge < -0.3 is 15.5 Å². The second-order valence-electron chi connectivity index (χ2n) is 6.87. The normalized spacial score (nSPS) is 11.4. The van der Waals surface area contributed by atoms with Gasteiger partial charge in [0.1, 0.15) is 6.04 Å². The van der Waals surface area contributed by atoms with Crippen LogP contribution in [0.4, 0.5) is 4.79 Å². The molecule has 0 aliphatic rings. The molecule has 3 amide bonds. The van der Waals surface area contributed by atoms with Gasteiger partial charge in [-0.1, -0.05) is 72.4 Å². The van der Waals surface area contributed by atoms with Crippen LogP contribution in [0.5, 0.6) is 0 Å². The number of amides is 3. The smallest absolute Gasteiger partial charge is 0.318 e. The van der Waals surface area contributed by atoms with E-state index in [0.29, 0.717) is 31.7 Å². The van der Waals surface area contributed by atoms with Crippen LogP contribution in [0.1, 0.15) is 18.1 Å². The van der Waals surface area contributed by atoms with E-state index in [4.69, 9.17) is 0 Å². The van der Waals surface area contributed by atoms with Crippen molar-refractivity contribution in [2.24, 2.45) is 0 Å². The zero-order valence-electron chi connectivity index (χ0n) is 17.5. The minimum Gasteiger partial charge on any atom is -0.357 e. The maximum absolute atomic E-state index is 13.0. The van der Waals surface area contributed by atoms with Gasteiger partial charge in [0.2, 0.25) is 5.91 Å². The summed E-state index contributed by atoms with van der Waals surface area (Å²) in [6.07, 6.45) is 1.10. The number of carbonyl (C=O) groups excluding carboxylic acids is 3. The predicted molar refractivity (Wildman–Crippen MR) is 121 cm³/mol. The molecule has 0 aliphatic heterocycles. The first-order valence-corrected chi connectivity index (χ1v) is 11.0. The molecule has 2 N–H and O–H groups in total. The number of nitrogens with zero attached hydrogens (tertiary/aromatic N) is 1. The standard InChI is InChI=1S/C23H29N3O3S/c1-18(27)30-16-15-26(14-13-19-9-5-3-6-10-19)23(29)25-21(22(28)24-2)17-20-11-7-4-8-12-20/h3-12,21H,13-17H2,1-2H3,(H,24,28)(H,25,29)/t21-/m0/s1. The molecule has 0 heterocycles. The third-order valence-corrected chi connectivity index (χ3v) is 5.40. The van der Waals surface area contributed by atoms with E-state index in [1.54, 1.807) is 11.9 Å². The number of thioether (sulfide) groups is 1. The average molecular weight is 428 g/mol. The van der Waals surface area contributed by atoms with Crippen LogP contribution in [0.3, 0.4) is 0 Å². The van der Waals surface area contributed by atoms with Crippen LogP contribution in [0.2, 0.25) is 0 Å². The maximum atomic E-state index is 13.0. The number of urea groups is 1. The lowest BCUT2D eigenvalue weighted by Gasteiger charge is -2.26. The Morgan fingerprint density at radius 3 is 2.10 bits per heavy atom. The van der Waals surface area contributed by atoms with Crippen molar-refractivity contribution in [3.8, 4) is 0 Å². The van der Waals surface area contributed by atoms with Crippen LogP contribution in [-0.2, 0) is 22.4 Å². The SMILES string of the molecule is CNC(=O)[C@H](Cc1ccccc1)NC(=O)N(CCSC(C)=O)CCc1ccccc1. The molecule has 0 fully saturated rings. The van der Waals surface area contributed by atoms with Gasteiger partial charge in [0.15, 0.2) is 5.12 Å². The summed E-state index contributed by atoms with van der Waals surface area (Å²) in [7, 11) is 1.56. The summed E-state index contributed by atoms with van der Waals surface area (Å²) >= 11 is 1.19. The first-order valence-electron chi connectivity index (χ1n) is 9.98. The Morgan fingerprint density at radius 1 is 0.933 bits per heavy atom. The Labute approximate surface area is 182 Å². The molecule has 0 unspecified atom stereocenters.